The normalized spacial score (nSPS) is 20.5. The molecule has 0 unspecified atom stereocenters. The molecule has 0 amide bonds. The van der Waals surface area contributed by atoms with Gasteiger partial charge in [0, 0.05) is 48.0 Å². The van der Waals surface area contributed by atoms with E-state index < -0.39 is 0 Å². The molecule has 124 valence electrons. The van der Waals surface area contributed by atoms with E-state index in [1.807, 2.05) is 11.3 Å². The van der Waals surface area contributed by atoms with Crippen LogP contribution in [0.2, 0.25) is 0 Å². The number of nitrogens with one attached hydrogen (secondary N) is 1. The van der Waals surface area contributed by atoms with Crippen molar-refractivity contribution >= 4 is 22.2 Å². The number of rotatable bonds is 2. The van der Waals surface area contributed by atoms with E-state index in [0.29, 0.717) is 0 Å². The van der Waals surface area contributed by atoms with E-state index in [4.69, 9.17) is 4.74 Å². The summed E-state index contributed by atoms with van der Waals surface area (Å²) in [5, 5.41) is 3.59. The number of aromatic amines is 1. The van der Waals surface area contributed by atoms with Crippen LogP contribution in [0, 0.1) is 0 Å². The van der Waals surface area contributed by atoms with E-state index in [-0.39, 0.29) is 5.60 Å². The molecule has 0 aliphatic carbocycles. The molecule has 2 aliphatic heterocycles. The quantitative estimate of drug-likeness (QED) is 0.755. The molecule has 4 heterocycles. The van der Waals surface area contributed by atoms with Crippen molar-refractivity contribution in [2.24, 2.45) is 0 Å². The number of fused-ring (bicyclic) bond motifs is 3. The average molecular weight is 338 g/mol. The van der Waals surface area contributed by atoms with Gasteiger partial charge in [-0.3, -0.25) is 4.90 Å². The third-order valence-corrected chi connectivity index (χ3v) is 6.66. The summed E-state index contributed by atoms with van der Waals surface area (Å²) in [6.45, 7) is 4.12. The lowest BCUT2D eigenvalue weighted by Gasteiger charge is -2.44. The van der Waals surface area contributed by atoms with Crippen LogP contribution in [-0.2, 0) is 23.3 Å². The summed E-state index contributed by atoms with van der Waals surface area (Å²) in [5.41, 5.74) is 4.11. The van der Waals surface area contributed by atoms with Crippen LogP contribution in [0.15, 0.2) is 41.9 Å². The standard InChI is InChI=1S/C20H22N2OS/c1-2-4-18-16(3-1)15(13-21-18)14-22-9-7-20(8-10-22)17-6-12-24-19(17)5-11-23-20/h1-4,6,12-13,21H,5,7-11,14H2. The van der Waals surface area contributed by atoms with Crippen LogP contribution >= 0.6 is 11.3 Å². The molecule has 5 rings (SSSR count). The van der Waals surface area contributed by atoms with Gasteiger partial charge in [-0.15, -0.1) is 11.3 Å². The molecular weight excluding hydrogens is 316 g/mol. The predicted octanol–water partition coefficient (Wildman–Crippen LogP) is 4.29. The maximum absolute atomic E-state index is 6.32. The Labute approximate surface area is 146 Å². The highest BCUT2D eigenvalue weighted by Gasteiger charge is 2.41. The van der Waals surface area contributed by atoms with Crippen LogP contribution < -0.4 is 0 Å². The first-order valence-corrected chi connectivity index (χ1v) is 9.70. The Bertz CT molecular complexity index is 857. The van der Waals surface area contributed by atoms with E-state index in [0.717, 1.165) is 45.5 Å². The van der Waals surface area contributed by atoms with Crippen LogP contribution in [0.25, 0.3) is 10.9 Å². The summed E-state index contributed by atoms with van der Waals surface area (Å²) in [6, 6.07) is 10.9. The third kappa shape index (κ3) is 2.32. The lowest BCUT2D eigenvalue weighted by Crippen LogP contribution is -2.45. The molecule has 1 spiro atoms. The van der Waals surface area contributed by atoms with Crippen LogP contribution in [0.3, 0.4) is 0 Å². The van der Waals surface area contributed by atoms with Gasteiger partial charge in [0.25, 0.3) is 0 Å². The van der Waals surface area contributed by atoms with Crippen molar-refractivity contribution in [3.8, 4) is 0 Å². The Morgan fingerprint density at radius 3 is 2.96 bits per heavy atom. The first kappa shape index (κ1) is 14.7. The molecule has 0 bridgehead atoms. The van der Waals surface area contributed by atoms with E-state index in [1.165, 1.54) is 22.0 Å². The van der Waals surface area contributed by atoms with Crippen molar-refractivity contribution in [2.75, 3.05) is 19.7 Å². The number of para-hydroxylation sites is 1. The van der Waals surface area contributed by atoms with Gasteiger partial charge in [-0.05, 0) is 41.5 Å². The van der Waals surface area contributed by atoms with Crippen molar-refractivity contribution in [1.29, 1.82) is 0 Å². The summed E-state index contributed by atoms with van der Waals surface area (Å²) in [7, 11) is 0. The summed E-state index contributed by atoms with van der Waals surface area (Å²) in [6.07, 6.45) is 5.48. The Balaban J connectivity index is 1.33. The smallest absolute Gasteiger partial charge is 0.0966 e. The van der Waals surface area contributed by atoms with Crippen LogP contribution in [0.4, 0.5) is 0 Å². The Morgan fingerprint density at radius 2 is 2.04 bits per heavy atom. The molecular formula is C20H22N2OS. The second-order valence-corrected chi connectivity index (χ2v) is 7.99. The van der Waals surface area contributed by atoms with Crippen molar-refractivity contribution < 1.29 is 4.74 Å². The molecule has 0 atom stereocenters. The van der Waals surface area contributed by atoms with Gasteiger partial charge in [0.2, 0.25) is 0 Å². The SMILES string of the molecule is c1ccc2c(CN3CCC4(CC3)OCCc3sccc34)c[nH]c2c1. The average Bonchev–Trinajstić information content (AvgIpc) is 3.26. The van der Waals surface area contributed by atoms with E-state index >= 15 is 0 Å². The van der Waals surface area contributed by atoms with Gasteiger partial charge in [0.15, 0.2) is 0 Å². The van der Waals surface area contributed by atoms with Gasteiger partial charge in [-0.25, -0.2) is 0 Å². The van der Waals surface area contributed by atoms with Gasteiger partial charge in [-0.2, -0.15) is 0 Å². The predicted molar refractivity (Wildman–Crippen MR) is 98.5 cm³/mol. The summed E-state index contributed by atoms with van der Waals surface area (Å²) >= 11 is 1.90. The molecule has 0 radical (unpaired) electrons. The van der Waals surface area contributed by atoms with Crippen molar-refractivity contribution in [1.82, 2.24) is 9.88 Å². The Hall–Kier alpha value is -1.62. The fourth-order valence-electron chi connectivity index (χ4n) is 4.35. The molecule has 2 aliphatic rings. The molecule has 1 fully saturated rings. The molecule has 3 aromatic rings. The zero-order valence-electron chi connectivity index (χ0n) is 13.8. The Kier molecular flexibility index (Phi) is 3.51. The highest BCUT2D eigenvalue weighted by Crippen LogP contribution is 2.43. The van der Waals surface area contributed by atoms with E-state index in [1.54, 1.807) is 4.88 Å². The minimum atomic E-state index is -0.00963. The van der Waals surface area contributed by atoms with Crippen LogP contribution in [0.1, 0.15) is 28.8 Å². The monoisotopic (exact) mass is 338 g/mol. The largest absolute Gasteiger partial charge is 0.370 e. The fourth-order valence-corrected chi connectivity index (χ4v) is 5.30. The number of likely N-dealkylation sites (tertiary alicyclic amines) is 1. The van der Waals surface area contributed by atoms with Gasteiger partial charge in [0.1, 0.15) is 0 Å². The minimum absolute atomic E-state index is 0.00963. The third-order valence-electron chi connectivity index (χ3n) is 5.68. The fraction of sp³-hybridized carbons (Fsp3) is 0.400. The Morgan fingerprint density at radius 1 is 1.17 bits per heavy atom. The molecule has 0 saturated carbocycles. The van der Waals surface area contributed by atoms with Crippen LogP contribution in [0.5, 0.6) is 0 Å². The van der Waals surface area contributed by atoms with E-state index in [2.05, 4.69) is 51.8 Å². The molecule has 1 aromatic carbocycles. The number of thiophene rings is 1. The molecule has 24 heavy (non-hydrogen) atoms. The van der Waals surface area contributed by atoms with Crippen molar-refractivity contribution in [3.63, 3.8) is 0 Å². The van der Waals surface area contributed by atoms with Gasteiger partial charge in [-0.1, -0.05) is 18.2 Å². The maximum atomic E-state index is 6.32. The summed E-state index contributed by atoms with van der Waals surface area (Å²) < 4.78 is 6.32. The molecule has 2 aromatic heterocycles. The van der Waals surface area contributed by atoms with Gasteiger partial charge >= 0.3 is 0 Å². The zero-order valence-corrected chi connectivity index (χ0v) is 14.6. The van der Waals surface area contributed by atoms with Gasteiger partial charge in [0.05, 0.1) is 12.2 Å². The van der Waals surface area contributed by atoms with E-state index in [9.17, 15) is 0 Å². The van der Waals surface area contributed by atoms with Crippen LogP contribution in [-0.4, -0.2) is 29.6 Å². The number of piperidine rings is 1. The van der Waals surface area contributed by atoms with Crippen molar-refractivity contribution in [3.05, 3.63) is 57.9 Å². The molecule has 1 saturated heterocycles. The lowest BCUT2D eigenvalue weighted by atomic mass is 9.82. The highest BCUT2D eigenvalue weighted by atomic mass is 32.1. The van der Waals surface area contributed by atoms with Gasteiger partial charge < -0.3 is 9.72 Å². The van der Waals surface area contributed by atoms with Crippen molar-refractivity contribution in [2.45, 2.75) is 31.4 Å². The lowest BCUT2D eigenvalue weighted by molar-refractivity contribution is -0.0980. The second-order valence-electron chi connectivity index (χ2n) is 6.99. The number of hydrogen-bond acceptors (Lipinski definition) is 3. The number of H-pyrrole nitrogens is 1. The first-order chi connectivity index (χ1) is 11.8. The summed E-state index contributed by atoms with van der Waals surface area (Å²) in [5.74, 6) is 0. The number of hydrogen-bond donors (Lipinski definition) is 1. The first-order valence-electron chi connectivity index (χ1n) is 8.82. The topological polar surface area (TPSA) is 28.3 Å². The number of nitrogens with zero attached hydrogens (tertiary/aromatic N) is 1. The highest BCUT2D eigenvalue weighted by molar-refractivity contribution is 7.10. The number of ether oxygens (including phenoxy) is 1. The second kappa shape index (κ2) is 5.73. The summed E-state index contributed by atoms with van der Waals surface area (Å²) in [4.78, 5) is 7.52. The number of benzene rings is 1. The maximum Gasteiger partial charge on any atom is 0.0966 e. The number of aromatic nitrogens is 1. The zero-order chi connectivity index (χ0) is 16.0. The molecule has 1 N–H and O–H groups in total. The minimum Gasteiger partial charge on any atom is -0.370 e. The molecule has 3 nitrogen and oxygen atoms in total. The molecule has 4 heteroatoms.